The number of aryl methyl sites for hydroxylation is 2. The first-order chi connectivity index (χ1) is 15.4. The number of carbonyl (C=O) groups excluding carboxylic acids is 2. The average molecular weight is 441 g/mol. The lowest BCUT2D eigenvalue weighted by molar-refractivity contribution is -0.123. The molecule has 0 unspecified atom stereocenters. The number of benzene rings is 1. The monoisotopic (exact) mass is 440 g/mol. The molecule has 9 nitrogen and oxygen atoms in total. The Labute approximate surface area is 185 Å². The van der Waals surface area contributed by atoms with Gasteiger partial charge in [-0.05, 0) is 31.4 Å². The number of carbonyl (C=O) groups is 2. The van der Waals surface area contributed by atoms with Crippen LogP contribution in [0.3, 0.4) is 0 Å². The Morgan fingerprint density at radius 3 is 2.44 bits per heavy atom. The maximum Gasteiger partial charge on any atom is 0.328 e. The molecule has 0 aliphatic carbocycles. The zero-order valence-electron chi connectivity index (χ0n) is 18.6. The summed E-state index contributed by atoms with van der Waals surface area (Å²) in [4.78, 5) is 46.9. The lowest BCUT2D eigenvalue weighted by Crippen LogP contribution is -2.18. The van der Waals surface area contributed by atoms with Gasteiger partial charge < -0.3 is 19.3 Å². The summed E-state index contributed by atoms with van der Waals surface area (Å²) < 4.78 is 12.0. The van der Waals surface area contributed by atoms with E-state index in [0.717, 1.165) is 11.1 Å². The molecule has 3 aromatic rings. The molecule has 9 heteroatoms. The molecule has 32 heavy (non-hydrogen) atoms. The maximum absolute atomic E-state index is 12.5. The number of ketones is 2. The molecule has 0 amide bonds. The van der Waals surface area contributed by atoms with Crippen LogP contribution in [0.2, 0.25) is 0 Å². The lowest BCUT2D eigenvalue weighted by atomic mass is 10.0. The van der Waals surface area contributed by atoms with Gasteiger partial charge in [0.25, 0.3) is 0 Å². The summed E-state index contributed by atoms with van der Waals surface area (Å²) in [5.41, 5.74) is 3.38. The van der Waals surface area contributed by atoms with E-state index in [4.69, 9.17) is 9.47 Å². The maximum atomic E-state index is 12.5. The number of ether oxygens (including phenoxy) is 2. The molecular weight excluding hydrogens is 412 g/mol. The number of H-pyrrole nitrogens is 1. The van der Waals surface area contributed by atoms with Crippen LogP contribution in [-0.2, 0) is 27.3 Å². The van der Waals surface area contributed by atoms with E-state index in [0.29, 0.717) is 62.3 Å². The number of hydrogen-bond acceptors (Lipinski definition) is 7. The van der Waals surface area contributed by atoms with Gasteiger partial charge in [0.05, 0.1) is 18.8 Å². The normalized spacial score (nSPS) is 11.1. The predicted molar refractivity (Wildman–Crippen MR) is 119 cm³/mol. The van der Waals surface area contributed by atoms with E-state index < -0.39 is 0 Å². The summed E-state index contributed by atoms with van der Waals surface area (Å²) in [6.45, 7) is 4.35. The van der Waals surface area contributed by atoms with Crippen molar-refractivity contribution in [3.8, 4) is 6.01 Å². The van der Waals surface area contributed by atoms with E-state index in [1.165, 1.54) is 6.92 Å². The third kappa shape index (κ3) is 6.10. The highest BCUT2D eigenvalue weighted by Gasteiger charge is 2.14. The Balaban J connectivity index is 1.70. The number of aromatic amines is 1. The van der Waals surface area contributed by atoms with Crippen molar-refractivity contribution >= 4 is 22.7 Å². The van der Waals surface area contributed by atoms with Gasteiger partial charge in [-0.1, -0.05) is 24.3 Å². The molecule has 170 valence electrons. The Morgan fingerprint density at radius 1 is 1.03 bits per heavy atom. The quantitative estimate of drug-likeness (QED) is 0.430. The van der Waals surface area contributed by atoms with Crippen molar-refractivity contribution in [3.05, 3.63) is 51.6 Å². The molecule has 0 aliphatic rings. The standard InChI is InChI=1S/C23H28N4O5/c1-15(28)4-10-19(29)11-9-17-5-7-18(8-6-17)14-27-21-20(25-23(27)30)16(2)24-22(26-21)32-13-12-31-3/h5-8H,4,9-14H2,1-3H3,(H,25,30). The minimum absolute atomic E-state index is 0.0318. The first-order valence-electron chi connectivity index (χ1n) is 10.5. The lowest BCUT2D eigenvalue weighted by Gasteiger charge is -2.08. The second-order valence-electron chi connectivity index (χ2n) is 7.70. The van der Waals surface area contributed by atoms with Crippen molar-refractivity contribution < 1.29 is 19.1 Å². The third-order valence-corrected chi connectivity index (χ3v) is 5.11. The summed E-state index contributed by atoms with van der Waals surface area (Å²) in [6.07, 6.45) is 1.64. The van der Waals surface area contributed by atoms with Gasteiger partial charge in [0.1, 0.15) is 23.7 Å². The number of Topliss-reactive ketones (excluding diaryl/α,β-unsaturated/α-hetero) is 2. The van der Waals surface area contributed by atoms with Gasteiger partial charge in [-0.15, -0.1) is 0 Å². The van der Waals surface area contributed by atoms with Crippen molar-refractivity contribution in [2.24, 2.45) is 0 Å². The second kappa shape index (κ2) is 10.8. The molecule has 0 spiro atoms. The largest absolute Gasteiger partial charge is 0.461 e. The molecule has 0 bridgehead atoms. The van der Waals surface area contributed by atoms with Gasteiger partial charge in [-0.3, -0.25) is 9.36 Å². The van der Waals surface area contributed by atoms with Crippen molar-refractivity contribution in [2.45, 2.75) is 46.1 Å². The number of rotatable bonds is 12. The van der Waals surface area contributed by atoms with E-state index in [9.17, 15) is 14.4 Å². The van der Waals surface area contributed by atoms with Crippen molar-refractivity contribution in [1.29, 1.82) is 0 Å². The summed E-state index contributed by atoms with van der Waals surface area (Å²) in [5.74, 6) is 0.123. The van der Waals surface area contributed by atoms with Crippen LogP contribution in [-0.4, -0.2) is 51.4 Å². The highest BCUT2D eigenvalue weighted by atomic mass is 16.5. The van der Waals surface area contributed by atoms with Gasteiger partial charge in [-0.25, -0.2) is 4.79 Å². The zero-order valence-corrected chi connectivity index (χ0v) is 18.6. The summed E-state index contributed by atoms with van der Waals surface area (Å²) in [5, 5.41) is 0. The third-order valence-electron chi connectivity index (χ3n) is 5.11. The van der Waals surface area contributed by atoms with Crippen LogP contribution >= 0.6 is 0 Å². The SMILES string of the molecule is COCCOc1nc(C)c2[nH]c(=O)n(Cc3ccc(CCC(=O)CCC(C)=O)cc3)c2n1. The fourth-order valence-electron chi connectivity index (χ4n) is 3.29. The number of nitrogens with zero attached hydrogens (tertiary/aromatic N) is 3. The smallest absolute Gasteiger partial charge is 0.328 e. The van der Waals surface area contributed by atoms with E-state index in [1.807, 2.05) is 24.3 Å². The number of nitrogens with one attached hydrogen (secondary N) is 1. The average Bonchev–Trinajstić information content (AvgIpc) is 3.08. The molecule has 0 radical (unpaired) electrons. The number of imidazole rings is 1. The predicted octanol–water partition coefficient (Wildman–Crippen LogP) is 2.37. The Bertz CT molecular complexity index is 1150. The fourth-order valence-corrected chi connectivity index (χ4v) is 3.29. The van der Waals surface area contributed by atoms with Crippen LogP contribution < -0.4 is 10.4 Å². The fraction of sp³-hybridized carbons (Fsp3) is 0.435. The van der Waals surface area contributed by atoms with Gasteiger partial charge in [0, 0.05) is 26.4 Å². The number of aromatic nitrogens is 4. The molecular formula is C23H28N4O5. The Morgan fingerprint density at radius 2 is 1.75 bits per heavy atom. The van der Waals surface area contributed by atoms with Gasteiger partial charge in [0.2, 0.25) is 0 Å². The highest BCUT2D eigenvalue weighted by molar-refractivity contribution is 5.84. The molecule has 0 atom stereocenters. The van der Waals surface area contributed by atoms with E-state index in [1.54, 1.807) is 18.6 Å². The molecule has 0 saturated heterocycles. The summed E-state index contributed by atoms with van der Waals surface area (Å²) in [7, 11) is 1.58. The number of methoxy groups -OCH3 is 1. The molecule has 1 aromatic carbocycles. The molecule has 2 aromatic heterocycles. The van der Waals surface area contributed by atoms with Gasteiger partial charge in [-0.2, -0.15) is 9.97 Å². The van der Waals surface area contributed by atoms with Crippen LogP contribution in [0.25, 0.3) is 11.2 Å². The van der Waals surface area contributed by atoms with Crippen LogP contribution in [0, 0.1) is 6.92 Å². The first kappa shape index (κ1) is 23.3. The number of hydrogen-bond donors (Lipinski definition) is 1. The molecule has 1 N–H and O–H groups in total. The Kier molecular flexibility index (Phi) is 7.88. The van der Waals surface area contributed by atoms with Gasteiger partial charge >= 0.3 is 11.7 Å². The van der Waals surface area contributed by atoms with Crippen molar-refractivity contribution in [3.63, 3.8) is 0 Å². The van der Waals surface area contributed by atoms with E-state index in [-0.39, 0.29) is 23.3 Å². The van der Waals surface area contributed by atoms with E-state index >= 15 is 0 Å². The van der Waals surface area contributed by atoms with Crippen molar-refractivity contribution in [2.75, 3.05) is 20.3 Å². The second-order valence-corrected chi connectivity index (χ2v) is 7.70. The van der Waals surface area contributed by atoms with Crippen LogP contribution in [0.1, 0.15) is 43.0 Å². The van der Waals surface area contributed by atoms with E-state index in [2.05, 4.69) is 15.0 Å². The molecule has 0 fully saturated rings. The van der Waals surface area contributed by atoms with Crippen LogP contribution in [0.15, 0.2) is 29.1 Å². The minimum atomic E-state index is -0.272. The van der Waals surface area contributed by atoms with Crippen molar-refractivity contribution in [1.82, 2.24) is 19.5 Å². The van der Waals surface area contributed by atoms with Crippen LogP contribution in [0.5, 0.6) is 6.01 Å². The molecule has 0 saturated carbocycles. The topological polar surface area (TPSA) is 116 Å². The van der Waals surface area contributed by atoms with Crippen LogP contribution in [0.4, 0.5) is 0 Å². The summed E-state index contributed by atoms with van der Waals surface area (Å²) >= 11 is 0. The zero-order chi connectivity index (χ0) is 23.1. The number of fused-ring (bicyclic) bond motifs is 1. The molecule has 0 aliphatic heterocycles. The Hall–Kier alpha value is -3.33. The molecule has 2 heterocycles. The summed E-state index contributed by atoms with van der Waals surface area (Å²) in [6, 6.07) is 7.97. The van der Waals surface area contributed by atoms with Gasteiger partial charge in [0.15, 0.2) is 5.65 Å². The highest BCUT2D eigenvalue weighted by Crippen LogP contribution is 2.17. The first-order valence-corrected chi connectivity index (χ1v) is 10.5. The minimum Gasteiger partial charge on any atom is -0.461 e. The molecule has 3 rings (SSSR count).